The van der Waals surface area contributed by atoms with Crippen molar-refractivity contribution in [2.24, 2.45) is 0 Å². The zero-order valence-corrected chi connectivity index (χ0v) is 25.2. The molecule has 0 radical (unpaired) electrons. The van der Waals surface area contributed by atoms with Gasteiger partial charge in [0.2, 0.25) is 0 Å². The molecule has 0 saturated heterocycles. The molecule has 0 fully saturated rings. The SMILES string of the molecule is c1ccc(-c2c3ccccc3c(-c3ccc4c(c3)sc3ccc5c6ccccc6c6ccccc6c5c34)c3ccccc23)cc1. The third kappa shape index (κ3) is 3.53. The highest BCUT2D eigenvalue weighted by Gasteiger charge is 2.19. The van der Waals surface area contributed by atoms with Crippen molar-refractivity contribution in [2.45, 2.75) is 0 Å². The van der Waals surface area contributed by atoms with Crippen LogP contribution in [0.25, 0.3) is 96.3 Å². The van der Waals surface area contributed by atoms with E-state index in [0.29, 0.717) is 0 Å². The smallest absolute Gasteiger partial charge is 0.0362 e. The summed E-state index contributed by atoms with van der Waals surface area (Å²) >= 11 is 1.91. The first kappa shape index (κ1) is 24.9. The molecule has 0 aliphatic heterocycles. The Bertz CT molecular complexity index is 2710. The Morgan fingerprint density at radius 2 is 0.711 bits per heavy atom. The quantitative estimate of drug-likeness (QED) is 0.140. The summed E-state index contributed by atoms with van der Waals surface area (Å²) < 4.78 is 2.66. The molecular weight excluding hydrogens is 561 g/mol. The maximum absolute atomic E-state index is 2.44. The minimum absolute atomic E-state index is 1.25. The first-order chi connectivity index (χ1) is 22.3. The van der Waals surface area contributed by atoms with E-state index in [2.05, 4.69) is 158 Å². The Hall–Kier alpha value is -5.50. The molecule has 10 aromatic rings. The Balaban J connectivity index is 1.30. The van der Waals surface area contributed by atoms with Crippen LogP contribution >= 0.6 is 11.3 Å². The lowest BCUT2D eigenvalue weighted by atomic mass is 9.86. The molecule has 0 aliphatic carbocycles. The number of benzene rings is 9. The molecule has 0 aliphatic rings. The molecule has 0 atom stereocenters. The van der Waals surface area contributed by atoms with Gasteiger partial charge < -0.3 is 0 Å². The average Bonchev–Trinajstić information content (AvgIpc) is 3.49. The van der Waals surface area contributed by atoms with Gasteiger partial charge in [0.1, 0.15) is 0 Å². The molecule has 9 aromatic carbocycles. The van der Waals surface area contributed by atoms with E-state index in [1.54, 1.807) is 0 Å². The molecule has 0 nitrogen and oxygen atoms in total. The number of hydrogen-bond acceptors (Lipinski definition) is 1. The van der Waals surface area contributed by atoms with Crippen LogP contribution in [0.15, 0.2) is 158 Å². The van der Waals surface area contributed by atoms with Crippen LogP contribution in [0.1, 0.15) is 0 Å². The first-order valence-corrected chi connectivity index (χ1v) is 16.3. The van der Waals surface area contributed by atoms with Crippen LogP contribution in [0.2, 0.25) is 0 Å². The summed E-state index contributed by atoms with van der Waals surface area (Å²) in [6.07, 6.45) is 0. The van der Waals surface area contributed by atoms with E-state index >= 15 is 0 Å². The number of rotatable bonds is 2. The van der Waals surface area contributed by atoms with Crippen LogP contribution in [0.3, 0.4) is 0 Å². The Kier molecular flexibility index (Phi) is 5.25. The second kappa shape index (κ2) is 9.50. The molecule has 0 spiro atoms. The summed E-state index contributed by atoms with van der Waals surface area (Å²) in [5, 5.41) is 15.8. The van der Waals surface area contributed by atoms with Crippen molar-refractivity contribution in [3.05, 3.63) is 158 Å². The molecule has 0 bridgehead atoms. The number of hydrogen-bond donors (Lipinski definition) is 0. The van der Waals surface area contributed by atoms with E-state index in [4.69, 9.17) is 0 Å². The van der Waals surface area contributed by atoms with Gasteiger partial charge in [-0.2, -0.15) is 0 Å². The van der Waals surface area contributed by atoms with Gasteiger partial charge >= 0.3 is 0 Å². The summed E-state index contributed by atoms with van der Waals surface area (Å²) in [5.74, 6) is 0. The van der Waals surface area contributed by atoms with E-state index in [-0.39, 0.29) is 0 Å². The van der Waals surface area contributed by atoms with Crippen molar-refractivity contribution in [3.8, 4) is 22.3 Å². The normalized spacial score (nSPS) is 12.0. The highest BCUT2D eigenvalue weighted by atomic mass is 32.1. The van der Waals surface area contributed by atoms with Gasteiger partial charge in [0, 0.05) is 20.2 Å². The lowest BCUT2D eigenvalue weighted by Gasteiger charge is -2.17. The van der Waals surface area contributed by atoms with Crippen molar-refractivity contribution in [3.63, 3.8) is 0 Å². The van der Waals surface area contributed by atoms with Crippen LogP contribution in [0, 0.1) is 0 Å². The Morgan fingerprint density at radius 3 is 1.31 bits per heavy atom. The summed E-state index contributed by atoms with van der Waals surface area (Å²) in [4.78, 5) is 0. The molecule has 0 N–H and O–H groups in total. The molecule has 0 saturated carbocycles. The third-order valence-electron chi connectivity index (χ3n) is 9.62. The molecule has 0 unspecified atom stereocenters. The van der Waals surface area contributed by atoms with Gasteiger partial charge in [-0.25, -0.2) is 0 Å². The fourth-order valence-corrected chi connectivity index (χ4v) is 8.92. The van der Waals surface area contributed by atoms with Crippen molar-refractivity contribution >= 4 is 85.4 Å². The van der Waals surface area contributed by atoms with E-state index in [1.807, 2.05) is 11.3 Å². The fourth-order valence-electron chi connectivity index (χ4n) is 7.77. The van der Waals surface area contributed by atoms with Gasteiger partial charge in [0.15, 0.2) is 0 Å². The molecule has 10 rings (SSSR count). The van der Waals surface area contributed by atoms with Crippen LogP contribution in [0.5, 0.6) is 0 Å². The second-order valence-electron chi connectivity index (χ2n) is 12.0. The summed E-state index contributed by atoms with van der Waals surface area (Å²) in [6, 6.07) is 58.3. The first-order valence-electron chi connectivity index (χ1n) is 15.5. The molecule has 0 amide bonds. The van der Waals surface area contributed by atoms with Gasteiger partial charge in [-0.3, -0.25) is 0 Å². The monoisotopic (exact) mass is 586 g/mol. The molecule has 1 heterocycles. The lowest BCUT2D eigenvalue weighted by Crippen LogP contribution is -1.90. The minimum atomic E-state index is 1.25. The topological polar surface area (TPSA) is 0 Å². The van der Waals surface area contributed by atoms with Gasteiger partial charge in [-0.15, -0.1) is 11.3 Å². The number of thiophene rings is 1. The second-order valence-corrected chi connectivity index (χ2v) is 13.1. The zero-order chi connectivity index (χ0) is 29.5. The number of fused-ring (bicyclic) bond motifs is 12. The molecule has 208 valence electrons. The summed E-state index contributed by atoms with van der Waals surface area (Å²) in [5.41, 5.74) is 5.13. The highest BCUT2D eigenvalue weighted by molar-refractivity contribution is 7.26. The van der Waals surface area contributed by atoms with Crippen LogP contribution in [-0.4, -0.2) is 0 Å². The largest absolute Gasteiger partial charge is 0.135 e. The average molecular weight is 587 g/mol. The summed E-state index contributed by atoms with van der Waals surface area (Å²) in [7, 11) is 0. The summed E-state index contributed by atoms with van der Waals surface area (Å²) in [6.45, 7) is 0. The van der Waals surface area contributed by atoms with Crippen molar-refractivity contribution in [1.82, 2.24) is 0 Å². The lowest BCUT2D eigenvalue weighted by molar-refractivity contribution is 1.66. The van der Waals surface area contributed by atoms with E-state index in [1.165, 1.54) is 96.3 Å². The van der Waals surface area contributed by atoms with Crippen LogP contribution in [-0.2, 0) is 0 Å². The van der Waals surface area contributed by atoms with Crippen molar-refractivity contribution in [1.29, 1.82) is 0 Å². The highest BCUT2D eigenvalue weighted by Crippen LogP contribution is 2.47. The Labute approximate surface area is 264 Å². The van der Waals surface area contributed by atoms with Crippen LogP contribution < -0.4 is 0 Å². The third-order valence-corrected chi connectivity index (χ3v) is 10.7. The molecule has 1 aromatic heterocycles. The maximum Gasteiger partial charge on any atom is 0.0362 e. The van der Waals surface area contributed by atoms with Crippen molar-refractivity contribution < 1.29 is 0 Å². The minimum Gasteiger partial charge on any atom is -0.135 e. The van der Waals surface area contributed by atoms with Crippen LogP contribution in [0.4, 0.5) is 0 Å². The Morgan fingerprint density at radius 1 is 0.267 bits per heavy atom. The standard InChI is InChI=1S/C44H26S/c1-2-12-27(13-3-1)41-33-18-8-10-20-35(33)42(36-21-11-9-19-34(36)41)28-22-23-38-40(26-28)45-39-25-24-37-31-16-5-4-14-29(31)30-15-6-7-17-32(30)43(37)44(38)39/h1-26H. The predicted octanol–water partition coefficient (Wildman–Crippen LogP) is 13.2. The van der Waals surface area contributed by atoms with Crippen molar-refractivity contribution in [2.75, 3.05) is 0 Å². The molecule has 1 heteroatoms. The van der Waals surface area contributed by atoms with E-state index in [0.717, 1.165) is 0 Å². The van der Waals surface area contributed by atoms with Gasteiger partial charge in [-0.1, -0.05) is 146 Å². The molecule has 45 heavy (non-hydrogen) atoms. The fraction of sp³-hybridized carbons (Fsp3) is 0. The van der Waals surface area contributed by atoms with E-state index in [9.17, 15) is 0 Å². The van der Waals surface area contributed by atoms with Gasteiger partial charge in [0.25, 0.3) is 0 Å². The molecular formula is C44H26S. The van der Waals surface area contributed by atoms with Gasteiger partial charge in [0.05, 0.1) is 0 Å². The predicted molar refractivity (Wildman–Crippen MR) is 198 cm³/mol. The zero-order valence-electron chi connectivity index (χ0n) is 24.4. The maximum atomic E-state index is 2.44. The van der Waals surface area contributed by atoms with E-state index < -0.39 is 0 Å². The van der Waals surface area contributed by atoms with Gasteiger partial charge in [-0.05, 0) is 88.2 Å².